The van der Waals surface area contributed by atoms with E-state index in [-0.39, 0.29) is 16.9 Å². The van der Waals surface area contributed by atoms with E-state index in [4.69, 9.17) is 11.6 Å². The molecule has 1 aromatic carbocycles. The molecule has 0 fully saturated rings. The van der Waals surface area contributed by atoms with Crippen molar-refractivity contribution in [1.29, 1.82) is 0 Å². The fraction of sp³-hybridized carbons (Fsp3) is 0.0625. The van der Waals surface area contributed by atoms with Gasteiger partial charge in [0.25, 0.3) is 5.91 Å². The fourth-order valence-corrected chi connectivity index (χ4v) is 2.82. The number of hydrogen-bond donors (Lipinski definition) is 1. The molecule has 0 spiro atoms. The second-order valence-corrected chi connectivity index (χ2v) is 6.07. The highest BCUT2D eigenvalue weighted by Gasteiger charge is 2.11. The number of halogens is 2. The number of pyridine rings is 1. The van der Waals surface area contributed by atoms with E-state index in [1.54, 1.807) is 30.5 Å². The predicted octanol–water partition coefficient (Wildman–Crippen LogP) is 4.56. The number of carbonyl (C=O) groups excluding carboxylic acids is 1. The van der Waals surface area contributed by atoms with Gasteiger partial charge in [0.15, 0.2) is 5.13 Å². The minimum atomic E-state index is -0.328. The largest absolute Gasteiger partial charge is 0.298 e. The van der Waals surface area contributed by atoms with Crippen LogP contribution in [0.5, 0.6) is 0 Å². The van der Waals surface area contributed by atoms with Crippen LogP contribution in [0.1, 0.15) is 15.9 Å². The van der Waals surface area contributed by atoms with Gasteiger partial charge in [-0.05, 0) is 30.7 Å². The number of aryl methyl sites for hydroxylation is 1. The molecule has 0 bridgehead atoms. The van der Waals surface area contributed by atoms with Gasteiger partial charge in [-0.2, -0.15) is 0 Å². The first kappa shape index (κ1) is 15.6. The third kappa shape index (κ3) is 3.55. The summed E-state index contributed by atoms with van der Waals surface area (Å²) >= 11 is 7.03. The maximum Gasteiger partial charge on any atom is 0.257 e. The van der Waals surface area contributed by atoms with Gasteiger partial charge in [0.1, 0.15) is 11.0 Å². The molecule has 3 aromatic rings. The molecule has 0 atom stereocenters. The molecule has 0 saturated heterocycles. The number of thiazole rings is 1. The smallest absolute Gasteiger partial charge is 0.257 e. The van der Waals surface area contributed by atoms with E-state index in [1.165, 1.54) is 29.7 Å². The lowest BCUT2D eigenvalue weighted by Gasteiger charge is -2.02. The van der Waals surface area contributed by atoms with Crippen LogP contribution in [0.4, 0.5) is 9.52 Å². The Labute approximate surface area is 141 Å². The van der Waals surface area contributed by atoms with Crippen molar-refractivity contribution in [2.75, 3.05) is 5.32 Å². The topological polar surface area (TPSA) is 54.9 Å². The molecule has 4 nitrogen and oxygen atoms in total. The maximum absolute atomic E-state index is 13.6. The van der Waals surface area contributed by atoms with Crippen molar-refractivity contribution < 1.29 is 9.18 Å². The van der Waals surface area contributed by atoms with Crippen molar-refractivity contribution in [2.45, 2.75) is 6.92 Å². The molecule has 2 heterocycles. The van der Waals surface area contributed by atoms with Gasteiger partial charge >= 0.3 is 0 Å². The van der Waals surface area contributed by atoms with E-state index in [1.807, 2.05) is 0 Å². The summed E-state index contributed by atoms with van der Waals surface area (Å²) in [5, 5.41) is 5.13. The van der Waals surface area contributed by atoms with Crippen LogP contribution in [0.2, 0.25) is 5.15 Å². The zero-order chi connectivity index (χ0) is 16.4. The quantitative estimate of drug-likeness (QED) is 0.707. The summed E-state index contributed by atoms with van der Waals surface area (Å²) in [4.78, 5) is 20.3. The molecule has 0 saturated carbocycles. The molecule has 0 aliphatic rings. The van der Waals surface area contributed by atoms with Crippen molar-refractivity contribution in [1.82, 2.24) is 9.97 Å². The molecule has 1 amide bonds. The molecule has 3 rings (SSSR count). The van der Waals surface area contributed by atoms with Gasteiger partial charge in [-0.3, -0.25) is 10.1 Å². The number of nitrogens with one attached hydrogen (secondary N) is 1. The van der Waals surface area contributed by atoms with Gasteiger partial charge in [-0.1, -0.05) is 23.7 Å². The normalized spacial score (nSPS) is 10.6. The summed E-state index contributed by atoms with van der Waals surface area (Å²) in [5.41, 5.74) is 2.24. The van der Waals surface area contributed by atoms with Crippen molar-refractivity contribution in [2.24, 2.45) is 0 Å². The molecule has 1 N–H and O–H groups in total. The highest BCUT2D eigenvalue weighted by molar-refractivity contribution is 7.14. The number of hydrogen-bond acceptors (Lipinski definition) is 4. The summed E-state index contributed by atoms with van der Waals surface area (Å²) in [5.74, 6) is -0.613. The van der Waals surface area contributed by atoms with Gasteiger partial charge in [0.2, 0.25) is 0 Å². The van der Waals surface area contributed by atoms with Crippen LogP contribution < -0.4 is 5.32 Å². The number of benzene rings is 1. The minimum absolute atomic E-state index is 0.243. The summed E-state index contributed by atoms with van der Waals surface area (Å²) in [6, 6.07) is 7.95. The molecule has 0 unspecified atom stereocenters. The van der Waals surface area contributed by atoms with E-state index in [0.29, 0.717) is 27.5 Å². The van der Waals surface area contributed by atoms with Gasteiger partial charge in [-0.15, -0.1) is 11.3 Å². The molecule has 2 aromatic heterocycles. The van der Waals surface area contributed by atoms with Gasteiger partial charge in [-0.25, -0.2) is 14.4 Å². The molecular formula is C16H11ClFN3OS. The lowest BCUT2D eigenvalue weighted by Crippen LogP contribution is -2.11. The van der Waals surface area contributed by atoms with E-state index < -0.39 is 0 Å². The molecule has 7 heteroatoms. The van der Waals surface area contributed by atoms with E-state index >= 15 is 0 Å². The minimum Gasteiger partial charge on any atom is -0.298 e. The summed E-state index contributed by atoms with van der Waals surface area (Å²) in [6.45, 7) is 1.70. The molecule has 0 radical (unpaired) electrons. The fourth-order valence-electron chi connectivity index (χ4n) is 1.93. The predicted molar refractivity (Wildman–Crippen MR) is 89.4 cm³/mol. The van der Waals surface area contributed by atoms with E-state index in [2.05, 4.69) is 15.3 Å². The Morgan fingerprint density at radius 1 is 1.30 bits per heavy atom. The van der Waals surface area contributed by atoms with Gasteiger partial charge < -0.3 is 0 Å². The standard InChI is InChI=1S/C16H11ClFN3OS/c1-9-2-3-10(6-12(9)18)13-8-23-16(20-13)21-15(22)11-4-5-19-14(17)7-11/h2-8H,1H3,(H,20,21,22). The number of nitrogens with zero attached hydrogens (tertiary/aromatic N) is 2. The molecule has 23 heavy (non-hydrogen) atoms. The van der Waals surface area contributed by atoms with Crippen LogP contribution in [0.15, 0.2) is 41.9 Å². The van der Waals surface area contributed by atoms with Crippen molar-refractivity contribution >= 4 is 34.0 Å². The summed E-state index contributed by atoms with van der Waals surface area (Å²) < 4.78 is 13.6. The van der Waals surface area contributed by atoms with Gasteiger partial charge in [0.05, 0.1) is 5.69 Å². The zero-order valence-electron chi connectivity index (χ0n) is 12.0. The second kappa shape index (κ2) is 6.44. The monoisotopic (exact) mass is 347 g/mol. The van der Waals surface area contributed by atoms with E-state index in [9.17, 15) is 9.18 Å². The third-order valence-corrected chi connectivity index (χ3v) is 4.15. The van der Waals surface area contributed by atoms with Crippen LogP contribution in [-0.4, -0.2) is 15.9 Å². The first-order chi connectivity index (χ1) is 11.0. The maximum atomic E-state index is 13.6. The number of anilines is 1. The second-order valence-electron chi connectivity index (χ2n) is 4.82. The average molecular weight is 348 g/mol. The SMILES string of the molecule is Cc1ccc(-c2csc(NC(=O)c3ccnc(Cl)c3)n2)cc1F. The molecule has 116 valence electrons. The number of carbonyl (C=O) groups is 1. The highest BCUT2D eigenvalue weighted by atomic mass is 35.5. The van der Waals surface area contributed by atoms with Crippen LogP contribution in [0, 0.1) is 12.7 Å². The van der Waals surface area contributed by atoms with Crippen LogP contribution >= 0.6 is 22.9 Å². The van der Waals surface area contributed by atoms with Crippen molar-refractivity contribution in [3.8, 4) is 11.3 Å². The molecule has 0 aliphatic heterocycles. The third-order valence-electron chi connectivity index (χ3n) is 3.18. The number of rotatable bonds is 3. The first-order valence-corrected chi connectivity index (χ1v) is 7.93. The Kier molecular flexibility index (Phi) is 4.36. The van der Waals surface area contributed by atoms with Gasteiger partial charge in [0, 0.05) is 22.7 Å². The van der Waals surface area contributed by atoms with Crippen LogP contribution in [-0.2, 0) is 0 Å². The number of aromatic nitrogens is 2. The zero-order valence-corrected chi connectivity index (χ0v) is 13.6. The Morgan fingerprint density at radius 3 is 2.87 bits per heavy atom. The van der Waals surface area contributed by atoms with E-state index in [0.717, 1.165) is 0 Å². The Balaban J connectivity index is 1.79. The Hall–Kier alpha value is -2.31. The lowest BCUT2D eigenvalue weighted by molar-refractivity contribution is 0.102. The van der Waals surface area contributed by atoms with Crippen LogP contribution in [0.25, 0.3) is 11.3 Å². The Bertz CT molecular complexity index is 881. The first-order valence-electron chi connectivity index (χ1n) is 6.68. The highest BCUT2D eigenvalue weighted by Crippen LogP contribution is 2.26. The number of amides is 1. The summed E-state index contributed by atoms with van der Waals surface area (Å²) in [7, 11) is 0. The van der Waals surface area contributed by atoms with Crippen molar-refractivity contribution in [3.05, 3.63) is 64.0 Å². The average Bonchev–Trinajstić information content (AvgIpc) is 2.98. The summed E-state index contributed by atoms with van der Waals surface area (Å²) in [6.07, 6.45) is 1.46. The lowest BCUT2D eigenvalue weighted by atomic mass is 10.1. The van der Waals surface area contributed by atoms with Crippen LogP contribution in [0.3, 0.4) is 0 Å². The van der Waals surface area contributed by atoms with Crippen molar-refractivity contribution in [3.63, 3.8) is 0 Å². The Morgan fingerprint density at radius 2 is 2.13 bits per heavy atom. The molecular weight excluding hydrogens is 337 g/mol. The molecule has 0 aliphatic carbocycles.